The highest BCUT2D eigenvalue weighted by Crippen LogP contribution is 2.36. The molecule has 2 unspecified atom stereocenters. The van der Waals surface area contributed by atoms with Crippen LogP contribution in [0.3, 0.4) is 0 Å². The first kappa shape index (κ1) is 14.5. The SMILES string of the molecule is O=[N+]([O-])c1cc(C(F)(F)F)ccc1OC1CNCC1O. The molecule has 0 radical (unpaired) electrons. The number of aliphatic hydroxyl groups excluding tert-OH is 1. The number of aliphatic hydroxyl groups is 1. The number of ether oxygens (including phenoxy) is 1. The molecule has 0 amide bonds. The number of nitrogens with zero attached hydrogens (tertiary/aromatic N) is 1. The summed E-state index contributed by atoms with van der Waals surface area (Å²) in [4.78, 5) is 9.89. The Morgan fingerprint density at radius 2 is 2.10 bits per heavy atom. The number of rotatable bonds is 3. The lowest BCUT2D eigenvalue weighted by Gasteiger charge is -2.16. The summed E-state index contributed by atoms with van der Waals surface area (Å²) >= 11 is 0. The molecule has 1 aliphatic rings. The van der Waals surface area contributed by atoms with Crippen molar-refractivity contribution in [2.45, 2.75) is 18.4 Å². The number of halogens is 3. The van der Waals surface area contributed by atoms with Gasteiger partial charge in [-0.05, 0) is 12.1 Å². The van der Waals surface area contributed by atoms with Gasteiger partial charge in [0.05, 0.1) is 10.5 Å². The summed E-state index contributed by atoms with van der Waals surface area (Å²) in [6, 6.07) is 2.02. The fourth-order valence-electron chi connectivity index (χ4n) is 1.86. The maximum Gasteiger partial charge on any atom is 0.416 e. The molecule has 0 aromatic heterocycles. The molecule has 1 aromatic rings. The van der Waals surface area contributed by atoms with Crippen molar-refractivity contribution in [2.75, 3.05) is 13.1 Å². The molecule has 1 fully saturated rings. The Hall–Kier alpha value is -1.87. The highest BCUT2D eigenvalue weighted by atomic mass is 19.4. The summed E-state index contributed by atoms with van der Waals surface area (Å²) in [6.07, 6.45) is -6.26. The van der Waals surface area contributed by atoms with Crippen LogP contribution >= 0.6 is 0 Å². The molecule has 0 aliphatic carbocycles. The van der Waals surface area contributed by atoms with Crippen molar-refractivity contribution in [3.63, 3.8) is 0 Å². The van der Waals surface area contributed by atoms with E-state index in [0.29, 0.717) is 12.1 Å². The minimum atomic E-state index is -4.67. The average Bonchev–Trinajstić information content (AvgIpc) is 2.74. The number of hydrogen-bond donors (Lipinski definition) is 2. The monoisotopic (exact) mass is 292 g/mol. The number of β-amino-alcohol motifs (C(OH)–C–C–N with tert-alkyl or cyclic N) is 1. The van der Waals surface area contributed by atoms with Gasteiger partial charge in [-0.3, -0.25) is 10.1 Å². The zero-order valence-corrected chi connectivity index (χ0v) is 10.1. The molecule has 1 heterocycles. The highest BCUT2D eigenvalue weighted by Gasteiger charge is 2.34. The van der Waals surface area contributed by atoms with Gasteiger partial charge in [0.15, 0.2) is 5.75 Å². The summed E-state index contributed by atoms with van der Waals surface area (Å²) in [7, 11) is 0. The van der Waals surface area contributed by atoms with Gasteiger partial charge in [0, 0.05) is 19.2 Å². The van der Waals surface area contributed by atoms with Gasteiger partial charge in [-0.25, -0.2) is 0 Å². The molecule has 110 valence electrons. The molecule has 1 aromatic carbocycles. The van der Waals surface area contributed by atoms with Gasteiger partial charge in [0.2, 0.25) is 0 Å². The van der Waals surface area contributed by atoms with Crippen LogP contribution in [0, 0.1) is 10.1 Å². The van der Waals surface area contributed by atoms with Crippen molar-refractivity contribution in [3.8, 4) is 5.75 Å². The first-order valence-corrected chi connectivity index (χ1v) is 5.70. The van der Waals surface area contributed by atoms with Crippen molar-refractivity contribution in [3.05, 3.63) is 33.9 Å². The Bertz CT molecular complexity index is 521. The van der Waals surface area contributed by atoms with Crippen LogP contribution in [0.5, 0.6) is 5.75 Å². The summed E-state index contributed by atoms with van der Waals surface area (Å²) < 4.78 is 42.8. The smallest absolute Gasteiger partial charge is 0.416 e. The standard InChI is InChI=1S/C11H11F3N2O4/c12-11(13,14)6-1-2-9(7(3-6)16(18)19)20-10-5-15-4-8(10)17/h1-3,8,10,15,17H,4-5H2. The third kappa shape index (κ3) is 2.99. The Balaban J connectivity index is 2.31. The van der Waals surface area contributed by atoms with Crippen LogP contribution in [0.2, 0.25) is 0 Å². The van der Waals surface area contributed by atoms with Gasteiger partial charge in [-0.15, -0.1) is 0 Å². The third-order valence-corrected chi connectivity index (χ3v) is 2.89. The van der Waals surface area contributed by atoms with Crippen molar-refractivity contribution in [2.24, 2.45) is 0 Å². The minimum absolute atomic E-state index is 0.263. The van der Waals surface area contributed by atoms with Crippen LogP contribution in [0.25, 0.3) is 0 Å². The fraction of sp³-hybridized carbons (Fsp3) is 0.455. The lowest BCUT2D eigenvalue weighted by Crippen LogP contribution is -2.30. The zero-order chi connectivity index (χ0) is 14.9. The Kier molecular flexibility index (Phi) is 3.82. The van der Waals surface area contributed by atoms with Crippen LogP contribution in [0.4, 0.5) is 18.9 Å². The molecule has 2 N–H and O–H groups in total. The number of benzene rings is 1. The number of alkyl halides is 3. The van der Waals surface area contributed by atoms with E-state index < -0.39 is 34.6 Å². The molecule has 20 heavy (non-hydrogen) atoms. The number of hydrogen-bond acceptors (Lipinski definition) is 5. The maximum absolute atomic E-state index is 12.5. The summed E-state index contributed by atoms with van der Waals surface area (Å²) in [5.41, 5.74) is -1.90. The Labute approximate surface area is 111 Å². The topological polar surface area (TPSA) is 84.6 Å². The fourth-order valence-corrected chi connectivity index (χ4v) is 1.86. The highest BCUT2D eigenvalue weighted by molar-refractivity contribution is 5.49. The van der Waals surface area contributed by atoms with Gasteiger partial charge in [-0.1, -0.05) is 0 Å². The van der Waals surface area contributed by atoms with E-state index in [1.165, 1.54) is 0 Å². The number of nitro benzene ring substituents is 1. The first-order valence-electron chi connectivity index (χ1n) is 5.70. The number of nitro groups is 1. The molecular formula is C11H11F3N2O4. The third-order valence-electron chi connectivity index (χ3n) is 2.89. The summed E-state index contributed by atoms with van der Waals surface area (Å²) in [5.74, 6) is -0.296. The van der Waals surface area contributed by atoms with Crippen LogP contribution in [-0.4, -0.2) is 35.3 Å². The molecular weight excluding hydrogens is 281 g/mol. The van der Waals surface area contributed by atoms with Gasteiger partial charge in [0.25, 0.3) is 0 Å². The predicted molar refractivity (Wildman–Crippen MR) is 61.4 cm³/mol. The molecule has 2 atom stereocenters. The van der Waals surface area contributed by atoms with E-state index in [0.717, 1.165) is 6.07 Å². The molecule has 9 heteroatoms. The van der Waals surface area contributed by atoms with E-state index in [1.807, 2.05) is 0 Å². The van der Waals surface area contributed by atoms with Gasteiger partial charge in [0.1, 0.15) is 12.2 Å². The molecule has 0 bridgehead atoms. The summed E-state index contributed by atoms with van der Waals surface area (Å²) in [5, 5.41) is 23.2. The van der Waals surface area contributed by atoms with E-state index >= 15 is 0 Å². The van der Waals surface area contributed by atoms with Crippen LogP contribution in [-0.2, 0) is 6.18 Å². The second kappa shape index (κ2) is 5.25. The second-order valence-corrected chi connectivity index (χ2v) is 4.32. The Morgan fingerprint density at radius 3 is 2.60 bits per heavy atom. The molecule has 0 spiro atoms. The molecule has 2 rings (SSSR count). The predicted octanol–water partition coefficient (Wildman–Crippen LogP) is 1.33. The first-order chi connectivity index (χ1) is 9.29. The van der Waals surface area contributed by atoms with Gasteiger partial charge < -0.3 is 15.2 Å². The quantitative estimate of drug-likeness (QED) is 0.648. The molecule has 6 nitrogen and oxygen atoms in total. The van der Waals surface area contributed by atoms with E-state index in [1.54, 1.807) is 0 Å². The van der Waals surface area contributed by atoms with Crippen LogP contribution in [0.1, 0.15) is 5.56 Å². The zero-order valence-electron chi connectivity index (χ0n) is 10.1. The van der Waals surface area contributed by atoms with Crippen molar-refractivity contribution in [1.29, 1.82) is 0 Å². The van der Waals surface area contributed by atoms with Gasteiger partial charge >= 0.3 is 11.9 Å². The van der Waals surface area contributed by atoms with E-state index in [-0.39, 0.29) is 18.8 Å². The van der Waals surface area contributed by atoms with Crippen molar-refractivity contribution < 1.29 is 27.9 Å². The van der Waals surface area contributed by atoms with E-state index in [2.05, 4.69) is 5.32 Å². The van der Waals surface area contributed by atoms with Crippen molar-refractivity contribution >= 4 is 5.69 Å². The molecule has 0 saturated carbocycles. The minimum Gasteiger partial charge on any atom is -0.479 e. The largest absolute Gasteiger partial charge is 0.479 e. The summed E-state index contributed by atoms with van der Waals surface area (Å²) in [6.45, 7) is 0.526. The van der Waals surface area contributed by atoms with E-state index in [4.69, 9.17) is 4.74 Å². The molecule has 1 saturated heterocycles. The Morgan fingerprint density at radius 1 is 1.40 bits per heavy atom. The second-order valence-electron chi connectivity index (χ2n) is 4.32. The lowest BCUT2D eigenvalue weighted by molar-refractivity contribution is -0.386. The van der Waals surface area contributed by atoms with Crippen molar-refractivity contribution in [1.82, 2.24) is 5.32 Å². The normalized spacial score (nSPS) is 22.8. The maximum atomic E-state index is 12.5. The van der Waals surface area contributed by atoms with Crippen LogP contribution in [0.15, 0.2) is 18.2 Å². The molecule has 1 aliphatic heterocycles. The lowest BCUT2D eigenvalue weighted by atomic mass is 10.1. The van der Waals surface area contributed by atoms with Crippen LogP contribution < -0.4 is 10.1 Å². The van der Waals surface area contributed by atoms with E-state index in [9.17, 15) is 28.4 Å². The van der Waals surface area contributed by atoms with Gasteiger partial charge in [-0.2, -0.15) is 13.2 Å². The number of nitrogens with one attached hydrogen (secondary N) is 1. The average molecular weight is 292 g/mol.